The van der Waals surface area contributed by atoms with Crippen LogP contribution in [0.5, 0.6) is 0 Å². The van der Waals surface area contributed by atoms with Crippen molar-refractivity contribution in [2.24, 2.45) is 0 Å². The fraction of sp³-hybridized carbons (Fsp3) is 0.190. The number of benzene rings is 2. The number of rotatable bonds is 3. The van der Waals surface area contributed by atoms with Crippen LogP contribution in [0, 0.1) is 6.92 Å². The van der Waals surface area contributed by atoms with Gasteiger partial charge in [-0.3, -0.25) is 0 Å². The van der Waals surface area contributed by atoms with Gasteiger partial charge in [0.2, 0.25) is 0 Å². The van der Waals surface area contributed by atoms with E-state index in [1.54, 1.807) is 0 Å². The molecule has 1 heterocycles. The summed E-state index contributed by atoms with van der Waals surface area (Å²) in [6.07, 6.45) is 4.07. The maximum atomic E-state index is 4.40. The molecule has 0 aliphatic heterocycles. The Hall–Kier alpha value is -2.61. The third-order valence-electron chi connectivity index (χ3n) is 4.59. The molecule has 0 saturated carbocycles. The van der Waals surface area contributed by atoms with Crippen LogP contribution in [0.15, 0.2) is 66.9 Å². The highest BCUT2D eigenvalue weighted by molar-refractivity contribution is 5.71. The van der Waals surface area contributed by atoms with Crippen molar-refractivity contribution in [3.8, 4) is 11.1 Å². The van der Waals surface area contributed by atoms with Crippen LogP contribution in [0.25, 0.3) is 11.1 Å². The van der Waals surface area contributed by atoms with Gasteiger partial charge in [0.15, 0.2) is 0 Å². The molecule has 2 aromatic carbocycles. The Morgan fingerprint density at radius 3 is 2.74 bits per heavy atom. The summed E-state index contributed by atoms with van der Waals surface area (Å²) in [5.74, 6) is 0.950. The molecule has 0 fully saturated rings. The quantitative estimate of drug-likeness (QED) is 0.723. The molecule has 3 aromatic rings. The van der Waals surface area contributed by atoms with E-state index in [0.29, 0.717) is 6.04 Å². The van der Waals surface area contributed by atoms with Crippen molar-refractivity contribution in [1.29, 1.82) is 0 Å². The minimum absolute atomic E-state index is 0.352. The van der Waals surface area contributed by atoms with E-state index in [4.69, 9.17) is 0 Å². The second kappa shape index (κ2) is 5.88. The first-order valence-electron chi connectivity index (χ1n) is 8.18. The molecule has 1 aliphatic carbocycles. The molecule has 2 heteroatoms. The van der Waals surface area contributed by atoms with Gasteiger partial charge in [-0.05, 0) is 54.2 Å². The Kier molecular flexibility index (Phi) is 3.58. The predicted octanol–water partition coefficient (Wildman–Crippen LogP) is 5.16. The number of pyridine rings is 1. The third kappa shape index (κ3) is 2.72. The molecular formula is C21H20N2. The first kappa shape index (κ1) is 14.0. The molecule has 4 rings (SSSR count). The fourth-order valence-electron chi connectivity index (χ4n) is 3.51. The minimum atomic E-state index is 0.352. The number of aromatic nitrogens is 1. The van der Waals surface area contributed by atoms with Gasteiger partial charge >= 0.3 is 0 Å². The van der Waals surface area contributed by atoms with Gasteiger partial charge in [-0.2, -0.15) is 0 Å². The molecule has 1 atom stereocenters. The topological polar surface area (TPSA) is 24.9 Å². The second-order valence-electron chi connectivity index (χ2n) is 6.19. The van der Waals surface area contributed by atoms with E-state index in [-0.39, 0.29) is 0 Å². The smallest absolute Gasteiger partial charge is 0.126 e. The summed E-state index contributed by atoms with van der Waals surface area (Å²) in [4.78, 5) is 4.40. The molecule has 1 unspecified atom stereocenters. The lowest BCUT2D eigenvalue weighted by atomic mass is 9.95. The summed E-state index contributed by atoms with van der Waals surface area (Å²) in [6, 6.07) is 21.8. The van der Waals surface area contributed by atoms with E-state index in [0.717, 1.165) is 18.7 Å². The first-order valence-corrected chi connectivity index (χ1v) is 8.18. The zero-order chi connectivity index (χ0) is 15.6. The number of hydrogen-bond donors (Lipinski definition) is 1. The molecule has 114 valence electrons. The van der Waals surface area contributed by atoms with Crippen LogP contribution < -0.4 is 5.32 Å². The van der Waals surface area contributed by atoms with Crippen LogP contribution in [-0.2, 0) is 6.42 Å². The van der Waals surface area contributed by atoms with Gasteiger partial charge in [0.25, 0.3) is 0 Å². The van der Waals surface area contributed by atoms with Gasteiger partial charge in [0, 0.05) is 6.20 Å². The molecule has 23 heavy (non-hydrogen) atoms. The molecule has 0 amide bonds. The van der Waals surface area contributed by atoms with E-state index in [9.17, 15) is 0 Å². The molecule has 0 spiro atoms. The lowest BCUT2D eigenvalue weighted by Gasteiger charge is -2.15. The molecule has 0 radical (unpaired) electrons. The highest BCUT2D eigenvalue weighted by atomic mass is 15.0. The maximum absolute atomic E-state index is 4.40. The first-order chi connectivity index (χ1) is 11.3. The molecular weight excluding hydrogens is 280 g/mol. The van der Waals surface area contributed by atoms with Crippen LogP contribution in [-0.4, -0.2) is 4.98 Å². The monoisotopic (exact) mass is 300 g/mol. The highest BCUT2D eigenvalue weighted by Crippen LogP contribution is 2.39. The SMILES string of the molecule is Cc1cccc(-c2cccc3c2CCC3Nc2ccccn2)c1. The molecule has 1 aliphatic rings. The van der Waals surface area contributed by atoms with Gasteiger partial charge in [-0.15, -0.1) is 0 Å². The van der Waals surface area contributed by atoms with Gasteiger partial charge in [0.05, 0.1) is 6.04 Å². The maximum Gasteiger partial charge on any atom is 0.126 e. The molecule has 1 N–H and O–H groups in total. The van der Waals surface area contributed by atoms with E-state index in [2.05, 4.69) is 59.7 Å². The normalized spacial score (nSPS) is 16.1. The third-order valence-corrected chi connectivity index (χ3v) is 4.59. The largest absolute Gasteiger partial charge is 0.363 e. The van der Waals surface area contributed by atoms with Crippen molar-refractivity contribution in [3.63, 3.8) is 0 Å². The average molecular weight is 300 g/mol. The molecule has 0 bridgehead atoms. The lowest BCUT2D eigenvalue weighted by Crippen LogP contribution is -2.08. The van der Waals surface area contributed by atoms with Gasteiger partial charge in [-0.1, -0.05) is 54.1 Å². The summed E-state index contributed by atoms with van der Waals surface area (Å²) < 4.78 is 0. The Morgan fingerprint density at radius 1 is 1.00 bits per heavy atom. The van der Waals surface area contributed by atoms with Crippen molar-refractivity contribution in [1.82, 2.24) is 4.98 Å². The number of hydrogen-bond acceptors (Lipinski definition) is 2. The van der Waals surface area contributed by atoms with Crippen molar-refractivity contribution in [2.45, 2.75) is 25.8 Å². The van der Waals surface area contributed by atoms with E-state index in [1.165, 1.54) is 27.8 Å². The Bertz CT molecular complexity index is 824. The number of nitrogens with zero attached hydrogens (tertiary/aromatic N) is 1. The molecule has 2 nitrogen and oxygen atoms in total. The zero-order valence-electron chi connectivity index (χ0n) is 13.3. The van der Waals surface area contributed by atoms with E-state index < -0.39 is 0 Å². The minimum Gasteiger partial charge on any atom is -0.363 e. The number of fused-ring (bicyclic) bond motifs is 1. The number of aryl methyl sites for hydroxylation is 1. The average Bonchev–Trinajstić information content (AvgIpc) is 2.99. The zero-order valence-corrected chi connectivity index (χ0v) is 13.3. The summed E-state index contributed by atoms with van der Waals surface area (Å²) >= 11 is 0. The summed E-state index contributed by atoms with van der Waals surface area (Å²) in [5, 5.41) is 3.58. The lowest BCUT2D eigenvalue weighted by molar-refractivity contribution is 0.757. The van der Waals surface area contributed by atoms with Crippen molar-refractivity contribution in [3.05, 3.63) is 83.6 Å². The van der Waals surface area contributed by atoms with Crippen molar-refractivity contribution < 1.29 is 0 Å². The standard InChI is InChI=1S/C21H20N2/c1-15-6-4-7-16(14-15)17-8-5-9-19-18(17)11-12-20(19)23-21-10-2-3-13-22-21/h2-10,13-14,20H,11-12H2,1H3,(H,22,23). The van der Waals surface area contributed by atoms with E-state index >= 15 is 0 Å². The van der Waals surface area contributed by atoms with Crippen molar-refractivity contribution in [2.75, 3.05) is 5.32 Å². The van der Waals surface area contributed by atoms with Gasteiger partial charge < -0.3 is 5.32 Å². The van der Waals surface area contributed by atoms with Crippen LogP contribution in [0.3, 0.4) is 0 Å². The predicted molar refractivity (Wildman–Crippen MR) is 95.5 cm³/mol. The van der Waals surface area contributed by atoms with Crippen LogP contribution in [0.1, 0.15) is 29.2 Å². The van der Waals surface area contributed by atoms with Crippen LogP contribution >= 0.6 is 0 Å². The highest BCUT2D eigenvalue weighted by Gasteiger charge is 2.25. The second-order valence-corrected chi connectivity index (χ2v) is 6.19. The summed E-state index contributed by atoms with van der Waals surface area (Å²) in [5.41, 5.74) is 6.89. The Balaban J connectivity index is 1.69. The van der Waals surface area contributed by atoms with Crippen molar-refractivity contribution >= 4 is 5.82 Å². The van der Waals surface area contributed by atoms with Gasteiger partial charge in [0.1, 0.15) is 5.82 Å². The summed E-state index contributed by atoms with van der Waals surface area (Å²) in [6.45, 7) is 2.15. The summed E-state index contributed by atoms with van der Waals surface area (Å²) in [7, 11) is 0. The van der Waals surface area contributed by atoms with Crippen LogP contribution in [0.2, 0.25) is 0 Å². The van der Waals surface area contributed by atoms with E-state index in [1.807, 2.05) is 24.4 Å². The Labute approximate surface area is 137 Å². The molecule has 0 saturated heterocycles. The van der Waals surface area contributed by atoms with Crippen LogP contribution in [0.4, 0.5) is 5.82 Å². The number of anilines is 1. The molecule has 1 aromatic heterocycles. The number of nitrogens with one attached hydrogen (secondary N) is 1. The van der Waals surface area contributed by atoms with Gasteiger partial charge in [-0.25, -0.2) is 4.98 Å². The Morgan fingerprint density at radius 2 is 1.91 bits per heavy atom. The fourth-order valence-corrected chi connectivity index (χ4v) is 3.51.